The van der Waals surface area contributed by atoms with Crippen molar-refractivity contribution in [1.29, 1.82) is 0 Å². The minimum absolute atomic E-state index is 0.876. The summed E-state index contributed by atoms with van der Waals surface area (Å²) in [4.78, 5) is 0. The summed E-state index contributed by atoms with van der Waals surface area (Å²) in [5.74, 6) is 3.29. The first-order valence-electron chi connectivity index (χ1n) is 5.88. The van der Waals surface area contributed by atoms with Crippen molar-refractivity contribution >= 4 is 27.7 Å². The third kappa shape index (κ3) is 3.79. The maximum atomic E-state index is 3.60. The van der Waals surface area contributed by atoms with Crippen molar-refractivity contribution in [1.82, 2.24) is 5.32 Å². The zero-order chi connectivity index (χ0) is 11.2. The Hall–Kier alpha value is 0.01000. The maximum Gasteiger partial charge on any atom is 0.0215 e. The third-order valence-corrected chi connectivity index (χ3v) is 4.96. The highest BCUT2D eigenvalue weighted by Gasteiger charge is 2.12. The van der Waals surface area contributed by atoms with Crippen molar-refractivity contribution in [3.63, 3.8) is 0 Å². The normalized spacial score (nSPS) is 20.9. The average molecular weight is 300 g/mol. The van der Waals surface area contributed by atoms with Crippen LogP contribution >= 0.6 is 27.7 Å². The molecule has 16 heavy (non-hydrogen) atoms. The van der Waals surface area contributed by atoms with Crippen molar-refractivity contribution in [2.24, 2.45) is 5.92 Å². The highest BCUT2D eigenvalue weighted by Crippen LogP contribution is 2.24. The van der Waals surface area contributed by atoms with E-state index in [4.69, 9.17) is 0 Å². The van der Waals surface area contributed by atoms with Crippen LogP contribution in [0.4, 0.5) is 0 Å². The van der Waals surface area contributed by atoms with Gasteiger partial charge in [0.05, 0.1) is 0 Å². The van der Waals surface area contributed by atoms with Gasteiger partial charge in [0.1, 0.15) is 0 Å². The molecule has 1 aromatic rings. The van der Waals surface area contributed by atoms with Gasteiger partial charge in [-0.15, -0.1) is 0 Å². The third-order valence-electron chi connectivity index (χ3n) is 2.97. The fourth-order valence-corrected chi connectivity index (χ4v) is 3.84. The molecule has 0 aliphatic carbocycles. The van der Waals surface area contributed by atoms with E-state index in [-0.39, 0.29) is 0 Å². The minimum Gasteiger partial charge on any atom is -0.316 e. The van der Waals surface area contributed by atoms with Gasteiger partial charge in [0.2, 0.25) is 0 Å². The van der Waals surface area contributed by atoms with Crippen LogP contribution in [0.15, 0.2) is 28.7 Å². The molecule has 88 valence electrons. The highest BCUT2D eigenvalue weighted by atomic mass is 79.9. The van der Waals surface area contributed by atoms with Crippen LogP contribution in [0.1, 0.15) is 18.4 Å². The van der Waals surface area contributed by atoms with Crippen molar-refractivity contribution in [2.75, 3.05) is 18.8 Å². The summed E-state index contributed by atoms with van der Waals surface area (Å²) in [5.41, 5.74) is 1.41. The molecule has 1 unspecified atom stereocenters. The molecule has 1 N–H and O–H groups in total. The van der Waals surface area contributed by atoms with Crippen LogP contribution in [-0.4, -0.2) is 18.8 Å². The Morgan fingerprint density at radius 3 is 3.00 bits per heavy atom. The second-order valence-corrected chi connectivity index (χ2v) is 6.20. The van der Waals surface area contributed by atoms with Gasteiger partial charge in [-0.25, -0.2) is 0 Å². The number of hydrogen-bond acceptors (Lipinski definition) is 2. The Bertz CT molecular complexity index is 323. The first-order valence-corrected chi connectivity index (χ1v) is 7.83. The lowest BCUT2D eigenvalue weighted by Crippen LogP contribution is -2.30. The lowest BCUT2D eigenvalue weighted by atomic mass is 10.0. The van der Waals surface area contributed by atoms with Gasteiger partial charge in [-0.3, -0.25) is 0 Å². The summed E-state index contributed by atoms with van der Waals surface area (Å²) in [6, 6.07) is 8.51. The van der Waals surface area contributed by atoms with Gasteiger partial charge in [-0.1, -0.05) is 34.1 Å². The molecule has 1 aromatic carbocycles. The zero-order valence-corrected chi connectivity index (χ0v) is 11.8. The van der Waals surface area contributed by atoms with Crippen LogP contribution in [0, 0.1) is 5.92 Å². The van der Waals surface area contributed by atoms with Crippen LogP contribution in [0.5, 0.6) is 0 Å². The second kappa shape index (κ2) is 6.67. The smallest absolute Gasteiger partial charge is 0.0215 e. The van der Waals surface area contributed by atoms with Crippen LogP contribution < -0.4 is 5.32 Å². The molecule has 1 aliphatic rings. The van der Waals surface area contributed by atoms with Crippen molar-refractivity contribution in [3.8, 4) is 0 Å². The monoisotopic (exact) mass is 299 g/mol. The average Bonchev–Trinajstić information content (AvgIpc) is 2.33. The standard InChI is InChI=1S/C13H18BrNS/c14-13-6-2-1-5-12(13)10-16-9-11-4-3-7-15-8-11/h1-2,5-6,11,15H,3-4,7-10H2. The number of piperidine rings is 1. The van der Waals surface area contributed by atoms with Crippen molar-refractivity contribution in [2.45, 2.75) is 18.6 Å². The zero-order valence-electron chi connectivity index (χ0n) is 9.42. The summed E-state index contributed by atoms with van der Waals surface area (Å²) >= 11 is 5.65. The molecular formula is C13H18BrNS. The molecule has 1 aliphatic heterocycles. The highest BCUT2D eigenvalue weighted by molar-refractivity contribution is 9.10. The quantitative estimate of drug-likeness (QED) is 0.910. The summed E-state index contributed by atoms with van der Waals surface area (Å²) in [5, 5.41) is 3.47. The fraction of sp³-hybridized carbons (Fsp3) is 0.538. The summed E-state index contributed by atoms with van der Waals surface area (Å²) < 4.78 is 1.24. The topological polar surface area (TPSA) is 12.0 Å². The van der Waals surface area contributed by atoms with E-state index in [1.165, 1.54) is 41.7 Å². The summed E-state index contributed by atoms with van der Waals surface area (Å²) in [6.07, 6.45) is 2.75. The Balaban J connectivity index is 1.73. The van der Waals surface area contributed by atoms with Crippen LogP contribution in [0.2, 0.25) is 0 Å². The SMILES string of the molecule is Brc1ccccc1CSCC1CCCNC1. The lowest BCUT2D eigenvalue weighted by molar-refractivity contribution is 0.410. The molecule has 3 heteroatoms. The van der Waals surface area contributed by atoms with Gasteiger partial charge < -0.3 is 5.32 Å². The van der Waals surface area contributed by atoms with E-state index in [1.54, 1.807) is 0 Å². The van der Waals surface area contributed by atoms with E-state index in [2.05, 4.69) is 57.3 Å². The first-order chi connectivity index (χ1) is 7.86. The molecule has 1 heterocycles. The Labute approximate surface area is 111 Å². The number of rotatable bonds is 4. The Morgan fingerprint density at radius 1 is 1.38 bits per heavy atom. The van der Waals surface area contributed by atoms with Gasteiger partial charge in [-0.2, -0.15) is 11.8 Å². The molecule has 2 rings (SSSR count). The predicted octanol–water partition coefficient (Wildman–Crippen LogP) is 3.68. The Kier molecular flexibility index (Phi) is 5.20. The maximum absolute atomic E-state index is 3.60. The van der Waals surface area contributed by atoms with Gasteiger partial charge in [0.25, 0.3) is 0 Å². The van der Waals surface area contributed by atoms with Crippen molar-refractivity contribution in [3.05, 3.63) is 34.3 Å². The van der Waals surface area contributed by atoms with E-state index in [9.17, 15) is 0 Å². The first kappa shape index (κ1) is 12.5. The Morgan fingerprint density at radius 2 is 2.25 bits per heavy atom. The van der Waals surface area contributed by atoms with E-state index in [1.807, 2.05) is 0 Å². The second-order valence-electron chi connectivity index (χ2n) is 4.32. The number of hydrogen-bond donors (Lipinski definition) is 1. The molecule has 0 bridgehead atoms. The number of nitrogens with one attached hydrogen (secondary N) is 1. The molecular weight excluding hydrogens is 282 g/mol. The lowest BCUT2D eigenvalue weighted by Gasteiger charge is -2.22. The number of thioether (sulfide) groups is 1. The van der Waals surface area contributed by atoms with Crippen LogP contribution in [-0.2, 0) is 5.75 Å². The molecule has 1 fully saturated rings. The van der Waals surface area contributed by atoms with Gasteiger partial charge in [-0.05, 0) is 49.2 Å². The van der Waals surface area contributed by atoms with Crippen LogP contribution in [0.3, 0.4) is 0 Å². The molecule has 0 amide bonds. The van der Waals surface area contributed by atoms with Crippen LogP contribution in [0.25, 0.3) is 0 Å². The van der Waals surface area contributed by atoms with E-state index < -0.39 is 0 Å². The minimum atomic E-state index is 0.876. The molecule has 0 radical (unpaired) electrons. The number of halogens is 1. The molecule has 0 saturated carbocycles. The van der Waals surface area contributed by atoms with Gasteiger partial charge >= 0.3 is 0 Å². The van der Waals surface area contributed by atoms with Gasteiger partial charge in [0.15, 0.2) is 0 Å². The largest absolute Gasteiger partial charge is 0.316 e. The summed E-state index contributed by atoms with van der Waals surface area (Å²) in [6.45, 7) is 2.42. The fourth-order valence-electron chi connectivity index (χ4n) is 2.02. The summed E-state index contributed by atoms with van der Waals surface area (Å²) in [7, 11) is 0. The molecule has 0 aromatic heterocycles. The van der Waals surface area contributed by atoms with E-state index in [0.29, 0.717) is 0 Å². The van der Waals surface area contributed by atoms with E-state index >= 15 is 0 Å². The van der Waals surface area contributed by atoms with E-state index in [0.717, 1.165) is 11.7 Å². The molecule has 1 saturated heterocycles. The number of benzene rings is 1. The molecule has 1 atom stereocenters. The molecule has 1 nitrogen and oxygen atoms in total. The molecule has 0 spiro atoms. The van der Waals surface area contributed by atoms with Gasteiger partial charge in [0, 0.05) is 10.2 Å². The van der Waals surface area contributed by atoms with Crippen molar-refractivity contribution < 1.29 is 0 Å². The predicted molar refractivity (Wildman–Crippen MR) is 75.9 cm³/mol.